The standard InChI is InChI=1S/C20H23N5O3/c1-4-17-16(9-18(28-17)24-10-13(3)19(26)21-20(24)27)25-11-15(22-23-25)14-7-5-12(2)6-8-14/h5-8,10-11,16-18H,4,9H2,1-3H3,(H,21,26,27)/t16?,17-,18-/m1/s1/i11D. The maximum absolute atomic E-state index is 12.3. The zero-order chi connectivity index (χ0) is 20.7. The molecule has 1 unspecified atom stereocenters. The lowest BCUT2D eigenvalue weighted by Gasteiger charge is -2.16. The molecule has 8 heteroatoms. The minimum Gasteiger partial charge on any atom is -0.352 e. The maximum Gasteiger partial charge on any atom is 0.330 e. The number of rotatable bonds is 4. The number of nitrogens with one attached hydrogen (secondary N) is 1. The molecule has 1 aliphatic rings. The number of hydrogen-bond donors (Lipinski definition) is 1. The van der Waals surface area contributed by atoms with E-state index in [1.165, 1.54) is 10.8 Å². The zero-order valence-corrected chi connectivity index (χ0v) is 16.0. The van der Waals surface area contributed by atoms with Crippen molar-refractivity contribution < 1.29 is 6.11 Å². The van der Waals surface area contributed by atoms with Crippen LogP contribution in [0.4, 0.5) is 0 Å². The van der Waals surface area contributed by atoms with Crippen LogP contribution in [-0.2, 0) is 4.74 Å². The third kappa shape index (κ3) is 3.31. The number of ether oxygens (including phenoxy) is 1. The molecule has 0 radical (unpaired) electrons. The van der Waals surface area contributed by atoms with E-state index < -0.39 is 17.5 Å². The first-order valence-corrected chi connectivity index (χ1v) is 9.35. The molecule has 3 heterocycles. The van der Waals surface area contributed by atoms with E-state index in [-0.39, 0.29) is 18.3 Å². The monoisotopic (exact) mass is 382 g/mol. The van der Waals surface area contributed by atoms with Crippen LogP contribution >= 0.6 is 0 Å². The fourth-order valence-electron chi connectivity index (χ4n) is 3.54. The SMILES string of the molecule is [2H]c1c(-c2ccc(C)cc2)nnn1C1C[C@H](n2cc(C)c(=O)[nH]c2=O)O[C@@H]1CC. The molecule has 1 N–H and O–H groups in total. The molecular weight excluding hydrogens is 358 g/mol. The Morgan fingerprint density at radius 2 is 2.04 bits per heavy atom. The summed E-state index contributed by atoms with van der Waals surface area (Å²) in [5.74, 6) is 0. The van der Waals surface area contributed by atoms with E-state index >= 15 is 0 Å². The number of hydrogen-bond acceptors (Lipinski definition) is 5. The third-order valence-electron chi connectivity index (χ3n) is 5.16. The summed E-state index contributed by atoms with van der Waals surface area (Å²) >= 11 is 0. The lowest BCUT2D eigenvalue weighted by molar-refractivity contribution is -0.00862. The predicted molar refractivity (Wildman–Crippen MR) is 104 cm³/mol. The molecular formula is C20H23N5O3. The molecule has 3 atom stereocenters. The molecule has 0 saturated carbocycles. The van der Waals surface area contributed by atoms with Crippen LogP contribution in [0.3, 0.4) is 0 Å². The molecule has 8 nitrogen and oxygen atoms in total. The molecule has 1 aromatic carbocycles. The van der Waals surface area contributed by atoms with Crippen molar-refractivity contribution in [3.63, 3.8) is 0 Å². The van der Waals surface area contributed by atoms with Gasteiger partial charge in [-0.05, 0) is 20.3 Å². The highest BCUT2D eigenvalue weighted by Crippen LogP contribution is 2.37. The van der Waals surface area contributed by atoms with E-state index in [9.17, 15) is 9.59 Å². The minimum absolute atomic E-state index is 0.214. The fourth-order valence-corrected chi connectivity index (χ4v) is 3.54. The molecule has 1 fully saturated rings. The smallest absolute Gasteiger partial charge is 0.330 e. The first-order valence-electron chi connectivity index (χ1n) is 9.85. The van der Waals surface area contributed by atoms with Crippen LogP contribution in [0.5, 0.6) is 0 Å². The average Bonchev–Trinajstić information content (AvgIpc) is 3.28. The van der Waals surface area contributed by atoms with Gasteiger partial charge in [-0.3, -0.25) is 14.3 Å². The molecule has 0 bridgehead atoms. The van der Waals surface area contributed by atoms with Crippen molar-refractivity contribution in [2.45, 2.75) is 52.0 Å². The van der Waals surface area contributed by atoms with E-state index in [0.717, 1.165) is 11.1 Å². The molecule has 1 aliphatic heterocycles. The summed E-state index contributed by atoms with van der Waals surface area (Å²) in [4.78, 5) is 26.2. The first-order chi connectivity index (χ1) is 13.9. The third-order valence-corrected chi connectivity index (χ3v) is 5.16. The van der Waals surface area contributed by atoms with Gasteiger partial charge in [-0.15, -0.1) is 5.10 Å². The van der Waals surface area contributed by atoms with Gasteiger partial charge in [-0.1, -0.05) is 42.0 Å². The minimum atomic E-state index is -0.542. The fraction of sp³-hybridized carbons (Fsp3) is 0.400. The van der Waals surface area contributed by atoms with Crippen LogP contribution in [0.1, 0.15) is 44.5 Å². The summed E-state index contributed by atoms with van der Waals surface area (Å²) in [6, 6.07) is 7.57. The van der Waals surface area contributed by atoms with E-state index in [1.807, 2.05) is 38.1 Å². The molecule has 0 spiro atoms. The summed E-state index contributed by atoms with van der Waals surface area (Å²) in [7, 11) is 0. The second kappa shape index (κ2) is 7.20. The summed E-state index contributed by atoms with van der Waals surface area (Å²) in [5, 5.41) is 8.45. The Bertz CT molecular complexity index is 1150. The molecule has 0 aliphatic carbocycles. The van der Waals surface area contributed by atoms with Crippen LogP contribution < -0.4 is 11.2 Å². The number of benzene rings is 1. The normalized spacial score (nSPS) is 22.4. The second-order valence-electron chi connectivity index (χ2n) is 7.18. The predicted octanol–water partition coefficient (Wildman–Crippen LogP) is 2.35. The van der Waals surface area contributed by atoms with Gasteiger partial charge >= 0.3 is 5.69 Å². The molecule has 1 saturated heterocycles. The van der Waals surface area contributed by atoms with Gasteiger partial charge in [0.25, 0.3) is 5.56 Å². The van der Waals surface area contributed by atoms with Crippen molar-refractivity contribution in [1.82, 2.24) is 24.5 Å². The van der Waals surface area contributed by atoms with Gasteiger partial charge in [-0.2, -0.15) is 0 Å². The Kier molecular flexibility index (Phi) is 4.40. The second-order valence-corrected chi connectivity index (χ2v) is 7.18. The highest BCUT2D eigenvalue weighted by atomic mass is 16.5. The van der Waals surface area contributed by atoms with Crippen molar-refractivity contribution >= 4 is 0 Å². The Balaban J connectivity index is 1.67. The van der Waals surface area contributed by atoms with Gasteiger partial charge in [-0.25, -0.2) is 9.48 Å². The number of nitrogens with zero attached hydrogens (tertiary/aromatic N) is 4. The molecule has 28 heavy (non-hydrogen) atoms. The molecule has 3 aromatic rings. The molecule has 2 aromatic heterocycles. The van der Waals surface area contributed by atoms with E-state index in [1.54, 1.807) is 11.6 Å². The van der Waals surface area contributed by atoms with Crippen molar-refractivity contribution in [3.8, 4) is 11.3 Å². The Morgan fingerprint density at radius 3 is 2.75 bits per heavy atom. The molecule has 0 amide bonds. The van der Waals surface area contributed by atoms with E-state index in [2.05, 4.69) is 15.3 Å². The lowest BCUT2D eigenvalue weighted by atomic mass is 10.1. The van der Waals surface area contributed by atoms with E-state index in [0.29, 0.717) is 24.1 Å². The Morgan fingerprint density at radius 1 is 1.29 bits per heavy atom. The van der Waals surface area contributed by atoms with Gasteiger partial charge in [0, 0.05) is 23.7 Å². The van der Waals surface area contributed by atoms with Crippen molar-refractivity contribution in [1.29, 1.82) is 0 Å². The first kappa shape index (κ1) is 17.1. The number of aromatic amines is 1. The van der Waals surface area contributed by atoms with Crippen LogP contribution in [0.15, 0.2) is 46.2 Å². The maximum atomic E-state index is 12.3. The molecule has 4 rings (SSSR count). The quantitative estimate of drug-likeness (QED) is 0.747. The van der Waals surface area contributed by atoms with Crippen molar-refractivity contribution in [3.05, 3.63) is 68.6 Å². The van der Waals surface area contributed by atoms with Gasteiger partial charge in [0.1, 0.15) is 11.9 Å². The van der Waals surface area contributed by atoms with Crippen molar-refractivity contribution in [2.24, 2.45) is 0 Å². The topological polar surface area (TPSA) is 94.8 Å². The highest BCUT2D eigenvalue weighted by molar-refractivity contribution is 5.57. The van der Waals surface area contributed by atoms with Crippen LogP contribution in [0.2, 0.25) is 0 Å². The Hall–Kier alpha value is -3.00. The van der Waals surface area contributed by atoms with E-state index in [4.69, 9.17) is 6.11 Å². The highest BCUT2D eigenvalue weighted by Gasteiger charge is 2.37. The van der Waals surface area contributed by atoms with Crippen LogP contribution in [0.25, 0.3) is 11.3 Å². The number of H-pyrrole nitrogens is 1. The van der Waals surface area contributed by atoms with Crippen molar-refractivity contribution in [2.75, 3.05) is 0 Å². The van der Waals surface area contributed by atoms with Crippen LogP contribution in [-0.4, -0.2) is 30.6 Å². The van der Waals surface area contributed by atoms with Gasteiger partial charge < -0.3 is 4.74 Å². The Labute approximate surface area is 163 Å². The molecule has 146 valence electrons. The van der Waals surface area contributed by atoms with Gasteiger partial charge in [0.2, 0.25) is 0 Å². The largest absolute Gasteiger partial charge is 0.352 e. The summed E-state index contributed by atoms with van der Waals surface area (Å²) in [6.07, 6.45) is 2.10. The average molecular weight is 382 g/mol. The summed E-state index contributed by atoms with van der Waals surface area (Å²) < 4.78 is 17.7. The number of aromatic nitrogens is 5. The van der Waals surface area contributed by atoms with Gasteiger partial charge in [0.05, 0.1) is 19.7 Å². The van der Waals surface area contributed by atoms with Gasteiger partial charge in [0.15, 0.2) is 0 Å². The van der Waals surface area contributed by atoms with Crippen LogP contribution in [0, 0.1) is 13.8 Å². The summed E-state index contributed by atoms with van der Waals surface area (Å²) in [5.41, 5.74) is 2.01. The zero-order valence-electron chi connectivity index (χ0n) is 17.0. The summed E-state index contributed by atoms with van der Waals surface area (Å²) in [6.45, 7) is 5.64. The lowest BCUT2D eigenvalue weighted by Crippen LogP contribution is -2.33. The number of aryl methyl sites for hydroxylation is 2.